The molecule has 0 spiro atoms. The summed E-state index contributed by atoms with van der Waals surface area (Å²) < 4.78 is 26.5. The Hall–Kier alpha value is -2.64. The highest BCUT2D eigenvalue weighted by atomic mass is 35.5. The highest BCUT2D eigenvalue weighted by Crippen LogP contribution is 2.47. The van der Waals surface area contributed by atoms with Gasteiger partial charge < -0.3 is 5.32 Å². The monoisotopic (exact) mass is 496 g/mol. The third-order valence-electron chi connectivity index (χ3n) is 7.81. The van der Waals surface area contributed by atoms with Crippen molar-refractivity contribution in [2.75, 3.05) is 18.4 Å². The number of amides is 1. The number of rotatable bonds is 5. The van der Waals surface area contributed by atoms with Crippen LogP contribution in [0.2, 0.25) is 5.02 Å². The fourth-order valence-electron chi connectivity index (χ4n) is 5.75. The molecule has 3 heterocycles. The SMILES string of the molecule is O=C(Nc1cc2cc(C3CCC(N4CC(F)(F)C4)CC3)c(Cl)cc2cn1)[C@H]1C[C@@H]1c1ccccn1. The fraction of sp³-hybridized carbons (Fsp3) is 0.444. The summed E-state index contributed by atoms with van der Waals surface area (Å²) >= 11 is 6.65. The van der Waals surface area contributed by atoms with Crippen LogP contribution in [0.5, 0.6) is 0 Å². The van der Waals surface area contributed by atoms with Gasteiger partial charge in [0.25, 0.3) is 5.92 Å². The zero-order valence-electron chi connectivity index (χ0n) is 19.3. The van der Waals surface area contributed by atoms with Crippen molar-refractivity contribution >= 4 is 34.1 Å². The lowest BCUT2D eigenvalue weighted by molar-refractivity contribution is -0.150. The molecule has 3 aromatic rings. The van der Waals surface area contributed by atoms with E-state index in [0.717, 1.165) is 54.1 Å². The number of carbonyl (C=O) groups excluding carboxylic acids is 1. The number of aromatic nitrogens is 2. The van der Waals surface area contributed by atoms with Crippen LogP contribution in [0.25, 0.3) is 10.8 Å². The number of anilines is 1. The molecule has 6 rings (SSSR count). The number of hydrogen-bond acceptors (Lipinski definition) is 4. The van der Waals surface area contributed by atoms with Gasteiger partial charge in [-0.2, -0.15) is 0 Å². The Kier molecular flexibility index (Phi) is 5.72. The molecule has 1 amide bonds. The van der Waals surface area contributed by atoms with E-state index in [0.29, 0.717) is 16.8 Å². The first-order chi connectivity index (χ1) is 16.9. The van der Waals surface area contributed by atoms with E-state index in [1.54, 1.807) is 12.4 Å². The molecular weight excluding hydrogens is 470 g/mol. The van der Waals surface area contributed by atoms with Crippen LogP contribution in [0.4, 0.5) is 14.6 Å². The number of halogens is 3. The normalized spacial score (nSPS) is 27.9. The molecule has 35 heavy (non-hydrogen) atoms. The number of nitrogens with one attached hydrogen (secondary N) is 1. The van der Waals surface area contributed by atoms with Crippen molar-refractivity contribution in [2.24, 2.45) is 5.92 Å². The lowest BCUT2D eigenvalue weighted by Crippen LogP contribution is -2.60. The minimum absolute atomic E-state index is 0.0309. The van der Waals surface area contributed by atoms with Crippen molar-refractivity contribution < 1.29 is 13.6 Å². The highest BCUT2D eigenvalue weighted by molar-refractivity contribution is 6.32. The van der Waals surface area contributed by atoms with Gasteiger partial charge in [0.05, 0.1) is 13.1 Å². The Morgan fingerprint density at radius 1 is 1.06 bits per heavy atom. The lowest BCUT2D eigenvalue weighted by Gasteiger charge is -2.46. The van der Waals surface area contributed by atoms with Gasteiger partial charge in [-0.1, -0.05) is 17.7 Å². The second-order valence-corrected chi connectivity index (χ2v) is 10.7. The Morgan fingerprint density at radius 2 is 1.86 bits per heavy atom. The van der Waals surface area contributed by atoms with E-state index in [4.69, 9.17) is 11.6 Å². The number of likely N-dealkylation sites (tertiary alicyclic amines) is 1. The Labute approximate surface area is 207 Å². The van der Waals surface area contributed by atoms with Gasteiger partial charge in [0.1, 0.15) is 5.82 Å². The van der Waals surface area contributed by atoms with Crippen LogP contribution in [-0.2, 0) is 4.79 Å². The molecule has 2 aromatic heterocycles. The summed E-state index contributed by atoms with van der Waals surface area (Å²) in [4.78, 5) is 23.5. The van der Waals surface area contributed by atoms with Crippen molar-refractivity contribution in [1.29, 1.82) is 0 Å². The molecule has 5 nitrogen and oxygen atoms in total. The molecule has 2 aliphatic carbocycles. The van der Waals surface area contributed by atoms with Crippen molar-refractivity contribution in [3.8, 4) is 0 Å². The predicted molar refractivity (Wildman–Crippen MR) is 132 cm³/mol. The molecule has 0 radical (unpaired) electrons. The molecule has 1 aliphatic heterocycles. The average Bonchev–Trinajstić information content (AvgIpc) is 3.64. The lowest BCUT2D eigenvalue weighted by atomic mass is 9.80. The zero-order valence-corrected chi connectivity index (χ0v) is 20.0. The first-order valence-electron chi connectivity index (χ1n) is 12.3. The summed E-state index contributed by atoms with van der Waals surface area (Å²) in [5, 5.41) is 5.59. The summed E-state index contributed by atoms with van der Waals surface area (Å²) in [5.74, 6) is -1.62. The molecule has 1 saturated heterocycles. The third-order valence-corrected chi connectivity index (χ3v) is 8.13. The van der Waals surface area contributed by atoms with E-state index in [-0.39, 0.29) is 36.9 Å². The third kappa shape index (κ3) is 4.64. The predicted octanol–water partition coefficient (Wildman–Crippen LogP) is 6.00. The van der Waals surface area contributed by atoms with Gasteiger partial charge >= 0.3 is 0 Å². The molecule has 1 N–H and O–H groups in total. The largest absolute Gasteiger partial charge is 0.310 e. The summed E-state index contributed by atoms with van der Waals surface area (Å²) in [7, 11) is 0. The van der Waals surface area contributed by atoms with Crippen LogP contribution in [0, 0.1) is 5.92 Å². The van der Waals surface area contributed by atoms with Crippen molar-refractivity contribution in [3.05, 3.63) is 65.1 Å². The van der Waals surface area contributed by atoms with Crippen LogP contribution in [0.1, 0.15) is 55.2 Å². The van der Waals surface area contributed by atoms with Gasteiger partial charge in [-0.15, -0.1) is 0 Å². The zero-order chi connectivity index (χ0) is 24.2. The van der Waals surface area contributed by atoms with Crippen LogP contribution >= 0.6 is 11.6 Å². The van der Waals surface area contributed by atoms with E-state index in [1.165, 1.54) is 0 Å². The minimum Gasteiger partial charge on any atom is -0.310 e. The first-order valence-corrected chi connectivity index (χ1v) is 12.7. The summed E-state index contributed by atoms with van der Waals surface area (Å²) in [6.07, 6.45) is 7.98. The van der Waals surface area contributed by atoms with E-state index < -0.39 is 5.92 Å². The smallest absolute Gasteiger partial charge is 0.272 e. The Bertz CT molecular complexity index is 1250. The van der Waals surface area contributed by atoms with Gasteiger partial charge in [0, 0.05) is 46.4 Å². The van der Waals surface area contributed by atoms with Gasteiger partial charge in [-0.25, -0.2) is 13.8 Å². The van der Waals surface area contributed by atoms with Crippen molar-refractivity contribution in [3.63, 3.8) is 0 Å². The quantitative estimate of drug-likeness (QED) is 0.470. The maximum Gasteiger partial charge on any atom is 0.272 e. The number of carbonyl (C=O) groups is 1. The van der Waals surface area contributed by atoms with Crippen LogP contribution in [0.3, 0.4) is 0 Å². The molecule has 0 unspecified atom stereocenters. The average molecular weight is 497 g/mol. The molecule has 2 saturated carbocycles. The minimum atomic E-state index is -2.52. The van der Waals surface area contributed by atoms with Crippen molar-refractivity contribution in [2.45, 2.75) is 55.9 Å². The number of pyridine rings is 2. The molecule has 8 heteroatoms. The van der Waals surface area contributed by atoms with Crippen LogP contribution < -0.4 is 5.32 Å². The molecule has 182 valence electrons. The summed E-state index contributed by atoms with van der Waals surface area (Å²) in [6.45, 7) is -0.214. The van der Waals surface area contributed by atoms with Gasteiger partial charge in [0.15, 0.2) is 0 Å². The van der Waals surface area contributed by atoms with Crippen molar-refractivity contribution in [1.82, 2.24) is 14.9 Å². The maximum atomic E-state index is 13.2. The molecule has 1 aromatic carbocycles. The molecule has 0 bridgehead atoms. The fourth-order valence-corrected chi connectivity index (χ4v) is 6.08. The molecular formula is C27H27ClF2N4O. The van der Waals surface area contributed by atoms with Crippen LogP contribution in [0.15, 0.2) is 48.8 Å². The number of alkyl halides is 2. The van der Waals surface area contributed by atoms with E-state index in [9.17, 15) is 13.6 Å². The molecule has 2 atom stereocenters. The number of fused-ring (bicyclic) bond motifs is 1. The second kappa shape index (κ2) is 8.79. The number of hydrogen-bond donors (Lipinski definition) is 1. The topological polar surface area (TPSA) is 58.1 Å². The summed E-state index contributed by atoms with van der Waals surface area (Å²) in [6, 6.07) is 12.0. The van der Waals surface area contributed by atoms with Gasteiger partial charge in [0.2, 0.25) is 5.91 Å². The Balaban J connectivity index is 1.13. The van der Waals surface area contributed by atoms with Gasteiger partial charge in [-0.05, 0) is 79.3 Å². The van der Waals surface area contributed by atoms with E-state index >= 15 is 0 Å². The Morgan fingerprint density at radius 3 is 2.57 bits per heavy atom. The number of nitrogens with zero attached hydrogens (tertiary/aromatic N) is 3. The molecule has 3 fully saturated rings. The van der Waals surface area contributed by atoms with Crippen LogP contribution in [-0.4, -0.2) is 45.8 Å². The molecule has 3 aliphatic rings. The summed E-state index contributed by atoms with van der Waals surface area (Å²) in [5.41, 5.74) is 2.04. The standard InChI is InChI=1S/C27H27ClF2N4O/c28-23-10-18-13-32-25(33-26(35)22-12-21(22)24-3-1-2-8-31-24)11-17(18)9-20(23)16-4-6-19(7-5-16)34-14-27(29,30)15-34/h1-3,8-11,13,16,19,21-22H,4-7,12,14-15H2,(H,32,33,35)/t16?,19?,21-,22-/m0/s1. The first kappa shape index (κ1) is 22.8. The van der Waals surface area contributed by atoms with E-state index in [2.05, 4.69) is 21.4 Å². The van der Waals surface area contributed by atoms with E-state index in [1.807, 2.05) is 35.2 Å². The maximum absolute atomic E-state index is 13.2. The second-order valence-electron chi connectivity index (χ2n) is 10.2. The number of benzene rings is 1. The van der Waals surface area contributed by atoms with Gasteiger partial charge in [-0.3, -0.25) is 14.7 Å². The highest BCUT2D eigenvalue weighted by Gasteiger charge is 2.47.